The molecule has 0 aliphatic carbocycles. The van der Waals surface area contributed by atoms with Gasteiger partial charge in [-0.15, -0.1) is 0 Å². The first-order valence-electron chi connectivity index (χ1n) is 9.58. The Morgan fingerprint density at radius 1 is 1.14 bits per heavy atom. The van der Waals surface area contributed by atoms with Crippen LogP contribution in [0.1, 0.15) is 53.9 Å². The second-order valence-corrected chi connectivity index (χ2v) is 7.18. The first-order chi connectivity index (χ1) is 13.9. The quantitative estimate of drug-likeness (QED) is 0.571. The van der Waals surface area contributed by atoms with Gasteiger partial charge in [-0.2, -0.15) is 10.1 Å². The molecule has 2 heterocycles. The van der Waals surface area contributed by atoms with Crippen LogP contribution in [0.3, 0.4) is 0 Å². The van der Waals surface area contributed by atoms with Crippen molar-refractivity contribution < 1.29 is 14.3 Å². The molecular formula is C21H25N5O3. The molecule has 0 spiro atoms. The minimum Gasteiger partial charge on any atom is -0.452 e. The summed E-state index contributed by atoms with van der Waals surface area (Å²) < 4.78 is 6.79. The number of esters is 1. The number of rotatable bonds is 7. The van der Waals surface area contributed by atoms with Crippen LogP contribution < -0.4 is 0 Å². The molecule has 2 aromatic heterocycles. The zero-order valence-electron chi connectivity index (χ0n) is 17.1. The third-order valence-electron chi connectivity index (χ3n) is 4.71. The molecule has 0 unspecified atom stereocenters. The number of aromatic nitrogens is 4. The maximum Gasteiger partial charge on any atom is 0.342 e. The third kappa shape index (κ3) is 4.59. The van der Waals surface area contributed by atoms with Gasteiger partial charge in [-0.3, -0.25) is 4.79 Å². The first-order valence-corrected chi connectivity index (χ1v) is 9.58. The van der Waals surface area contributed by atoms with Gasteiger partial charge in [0.1, 0.15) is 6.33 Å². The van der Waals surface area contributed by atoms with Gasteiger partial charge in [-0.1, -0.05) is 45.0 Å². The molecule has 29 heavy (non-hydrogen) atoms. The molecular weight excluding hydrogens is 370 g/mol. The van der Waals surface area contributed by atoms with Gasteiger partial charge in [-0.05, 0) is 23.5 Å². The monoisotopic (exact) mass is 395 g/mol. The van der Waals surface area contributed by atoms with Crippen molar-refractivity contribution in [1.82, 2.24) is 24.5 Å². The molecule has 8 nitrogen and oxygen atoms in total. The molecule has 1 amide bonds. The van der Waals surface area contributed by atoms with Gasteiger partial charge < -0.3 is 9.64 Å². The maximum atomic E-state index is 12.6. The fourth-order valence-electron chi connectivity index (χ4n) is 3.07. The summed E-state index contributed by atoms with van der Waals surface area (Å²) >= 11 is 0. The molecule has 0 atom stereocenters. The normalized spacial score (nSPS) is 11.1. The Kier molecular flexibility index (Phi) is 6.21. The molecule has 0 bridgehead atoms. The van der Waals surface area contributed by atoms with E-state index in [4.69, 9.17) is 4.74 Å². The number of nitrogens with zero attached hydrogens (tertiary/aromatic N) is 5. The number of likely N-dealkylation sites (N-methyl/N-ethyl adjacent to an activating group) is 1. The van der Waals surface area contributed by atoms with Crippen molar-refractivity contribution in [3.8, 4) is 0 Å². The Morgan fingerprint density at radius 3 is 2.48 bits per heavy atom. The molecule has 0 radical (unpaired) electrons. The van der Waals surface area contributed by atoms with Crippen molar-refractivity contribution in [1.29, 1.82) is 0 Å². The molecule has 0 aliphatic rings. The Balaban J connectivity index is 1.64. The lowest BCUT2D eigenvalue weighted by Crippen LogP contribution is -2.31. The van der Waals surface area contributed by atoms with Crippen LogP contribution in [0.2, 0.25) is 0 Å². The summed E-state index contributed by atoms with van der Waals surface area (Å²) in [4.78, 5) is 34.7. The van der Waals surface area contributed by atoms with Gasteiger partial charge in [0.15, 0.2) is 6.61 Å². The highest BCUT2D eigenvalue weighted by molar-refractivity contribution is 5.92. The van der Waals surface area contributed by atoms with Gasteiger partial charge in [-0.25, -0.2) is 14.3 Å². The molecule has 0 fully saturated rings. The van der Waals surface area contributed by atoms with Crippen LogP contribution in [0.5, 0.6) is 0 Å². The number of fused-ring (bicyclic) bond motifs is 1. The van der Waals surface area contributed by atoms with E-state index in [9.17, 15) is 9.59 Å². The summed E-state index contributed by atoms with van der Waals surface area (Å²) in [7, 11) is 1.69. The van der Waals surface area contributed by atoms with Crippen molar-refractivity contribution in [3.05, 3.63) is 59.2 Å². The maximum absolute atomic E-state index is 12.6. The molecule has 0 saturated heterocycles. The van der Waals surface area contributed by atoms with Crippen LogP contribution in [-0.2, 0) is 22.5 Å². The number of ether oxygens (including phenoxy) is 1. The zero-order chi connectivity index (χ0) is 21.0. The zero-order valence-corrected chi connectivity index (χ0v) is 17.1. The summed E-state index contributed by atoms with van der Waals surface area (Å²) in [6.07, 6.45) is 3.78. The molecule has 1 aromatic carbocycles. The van der Waals surface area contributed by atoms with E-state index in [1.54, 1.807) is 7.05 Å². The fraction of sp³-hybridized carbons (Fsp3) is 0.381. The van der Waals surface area contributed by atoms with Crippen LogP contribution in [0.25, 0.3) is 5.78 Å². The average Bonchev–Trinajstić information content (AvgIpc) is 3.20. The molecule has 3 aromatic rings. The van der Waals surface area contributed by atoms with E-state index in [-0.39, 0.29) is 24.0 Å². The summed E-state index contributed by atoms with van der Waals surface area (Å²) in [5.74, 6) is -0.476. The predicted octanol–water partition coefficient (Wildman–Crippen LogP) is 2.63. The van der Waals surface area contributed by atoms with Crippen LogP contribution in [0.4, 0.5) is 0 Å². The number of carbonyl (C=O) groups is 2. The number of aryl methyl sites for hydroxylation is 1. The van der Waals surface area contributed by atoms with Crippen molar-refractivity contribution >= 4 is 17.7 Å². The largest absolute Gasteiger partial charge is 0.452 e. The highest BCUT2D eigenvalue weighted by Gasteiger charge is 2.22. The summed E-state index contributed by atoms with van der Waals surface area (Å²) in [5, 5.41) is 4.13. The minimum absolute atomic E-state index is 0.00535. The van der Waals surface area contributed by atoms with E-state index >= 15 is 0 Å². The van der Waals surface area contributed by atoms with Crippen LogP contribution in [-0.4, -0.2) is 50.0 Å². The number of amides is 1. The number of benzene rings is 1. The predicted molar refractivity (Wildman–Crippen MR) is 107 cm³/mol. The second-order valence-electron chi connectivity index (χ2n) is 7.18. The van der Waals surface area contributed by atoms with Gasteiger partial charge in [0, 0.05) is 19.8 Å². The molecule has 3 rings (SSSR count). The molecule has 152 valence electrons. The van der Waals surface area contributed by atoms with Crippen LogP contribution in [0, 0.1) is 0 Å². The van der Waals surface area contributed by atoms with Gasteiger partial charge in [0.05, 0.1) is 11.3 Å². The van der Waals surface area contributed by atoms with Crippen molar-refractivity contribution in [2.45, 2.75) is 39.7 Å². The SMILES string of the molecule is CCc1ccc(CN(C)C(=O)COC(=O)c2cnc3ncnn3c2C(C)C)cc1. The first kappa shape index (κ1) is 20.4. The smallest absolute Gasteiger partial charge is 0.342 e. The lowest BCUT2D eigenvalue weighted by atomic mass is 10.1. The number of carbonyl (C=O) groups excluding carboxylic acids is 2. The number of hydrogen-bond donors (Lipinski definition) is 0. The van der Waals surface area contributed by atoms with E-state index in [1.165, 1.54) is 27.5 Å². The minimum atomic E-state index is -0.604. The Labute approximate surface area is 169 Å². The third-order valence-corrected chi connectivity index (χ3v) is 4.71. The van der Waals surface area contributed by atoms with E-state index in [1.807, 2.05) is 26.0 Å². The van der Waals surface area contributed by atoms with E-state index < -0.39 is 5.97 Å². The summed E-state index contributed by atoms with van der Waals surface area (Å²) in [6, 6.07) is 8.11. The molecule has 0 N–H and O–H groups in total. The highest BCUT2D eigenvalue weighted by Crippen LogP contribution is 2.20. The van der Waals surface area contributed by atoms with Gasteiger partial charge in [0.2, 0.25) is 0 Å². The van der Waals surface area contributed by atoms with Gasteiger partial charge >= 0.3 is 5.97 Å². The standard InChI is InChI=1S/C21H25N5O3/c1-5-15-6-8-16(9-7-15)11-25(4)18(27)12-29-20(28)17-10-22-21-23-13-24-26(21)19(17)14(2)3/h6-10,13-14H,5,11-12H2,1-4H3. The second kappa shape index (κ2) is 8.81. The molecule has 0 aliphatic heterocycles. The van der Waals surface area contributed by atoms with Gasteiger partial charge in [0.25, 0.3) is 11.7 Å². The summed E-state index contributed by atoms with van der Waals surface area (Å²) in [5.41, 5.74) is 3.20. The topological polar surface area (TPSA) is 89.7 Å². The van der Waals surface area contributed by atoms with Crippen molar-refractivity contribution in [2.75, 3.05) is 13.7 Å². The highest BCUT2D eigenvalue weighted by atomic mass is 16.5. The Morgan fingerprint density at radius 2 is 1.83 bits per heavy atom. The van der Waals surface area contributed by atoms with E-state index in [0.29, 0.717) is 18.0 Å². The van der Waals surface area contributed by atoms with Crippen molar-refractivity contribution in [3.63, 3.8) is 0 Å². The Bertz CT molecular complexity index is 1010. The summed E-state index contributed by atoms with van der Waals surface area (Å²) in [6.45, 7) is 6.09. The average molecular weight is 395 g/mol. The fourth-order valence-corrected chi connectivity index (χ4v) is 3.07. The molecule has 8 heteroatoms. The lowest BCUT2D eigenvalue weighted by molar-refractivity contribution is -0.133. The Hall–Kier alpha value is -3.29. The van der Waals surface area contributed by atoms with Crippen LogP contribution >= 0.6 is 0 Å². The van der Waals surface area contributed by atoms with Crippen molar-refractivity contribution in [2.24, 2.45) is 0 Å². The van der Waals surface area contributed by atoms with E-state index in [0.717, 1.165) is 12.0 Å². The number of hydrogen-bond acceptors (Lipinski definition) is 6. The molecule has 0 saturated carbocycles. The lowest BCUT2D eigenvalue weighted by Gasteiger charge is -2.18. The van der Waals surface area contributed by atoms with E-state index in [2.05, 4.69) is 34.1 Å². The van der Waals surface area contributed by atoms with Crippen LogP contribution in [0.15, 0.2) is 36.8 Å².